The normalized spacial score (nSPS) is 16.9. The van der Waals surface area contributed by atoms with Gasteiger partial charge in [0, 0.05) is 31.2 Å². The number of terminal acetylenes is 3. The highest BCUT2D eigenvalue weighted by Gasteiger charge is 2.67. The van der Waals surface area contributed by atoms with Crippen LogP contribution in [0.2, 0.25) is 6.04 Å². The zero-order chi connectivity index (χ0) is 23.9. The van der Waals surface area contributed by atoms with Crippen LogP contribution < -0.4 is 4.74 Å². The maximum absolute atomic E-state index is 9.89. The minimum absolute atomic E-state index is 0.0514. The van der Waals surface area contributed by atoms with Crippen molar-refractivity contribution in [2.75, 3.05) is 7.11 Å². The fourth-order valence-corrected chi connectivity index (χ4v) is 274. The summed E-state index contributed by atoms with van der Waals surface area (Å²) in [6.45, 7) is -2.21. The molecule has 0 spiro atoms. The maximum atomic E-state index is 9.89. The highest BCUT2D eigenvalue weighted by molar-refractivity contribution is 8.11. The molecule has 0 saturated heterocycles. The van der Waals surface area contributed by atoms with E-state index >= 15 is 0 Å². The van der Waals surface area contributed by atoms with Crippen LogP contribution in [0.4, 0.5) is 0 Å². The summed E-state index contributed by atoms with van der Waals surface area (Å²) in [5, 5.41) is 9.89. The molecule has 1 aromatic carbocycles. The van der Waals surface area contributed by atoms with Gasteiger partial charge in [-0.1, -0.05) is 31.4 Å². The van der Waals surface area contributed by atoms with Crippen LogP contribution in [0.15, 0.2) is 12.1 Å². The number of hydrogen-bond donors (Lipinski definition) is 1. The molecule has 0 aliphatic rings. The Labute approximate surface area is 204 Å². The molecule has 0 aliphatic carbocycles. The molecule has 31 heavy (non-hydrogen) atoms. The second-order valence-corrected chi connectivity index (χ2v) is 116. The molecular formula is C17H34O5Si9. The van der Waals surface area contributed by atoms with Gasteiger partial charge in [0.05, 0.1) is 32.0 Å². The third kappa shape index (κ3) is 5.88. The summed E-state index contributed by atoms with van der Waals surface area (Å²) in [5.74, 6) is 0.716. The van der Waals surface area contributed by atoms with E-state index in [2.05, 4.69) is 24.4 Å². The predicted molar refractivity (Wildman–Crippen MR) is 156 cm³/mol. The van der Waals surface area contributed by atoms with Gasteiger partial charge in [0.2, 0.25) is 6.87 Å². The predicted octanol–water partition coefficient (Wildman–Crippen LogP) is -5.53. The molecule has 168 valence electrons. The van der Waals surface area contributed by atoms with Crippen molar-refractivity contribution in [3.05, 3.63) is 28.8 Å². The number of methoxy groups -OCH3 is 1. The van der Waals surface area contributed by atoms with E-state index in [1.165, 1.54) is 34.8 Å². The van der Waals surface area contributed by atoms with Crippen LogP contribution in [-0.2, 0) is 26.3 Å². The van der Waals surface area contributed by atoms with Crippen molar-refractivity contribution in [1.82, 2.24) is 0 Å². The standard InChI is InChI=1S/C17H34O5Si9/c1-6-20-28(21-7-2)29(31(25,26)27,30(23,24)22-8-3)12-11-15-9-10-17(19-5)16(13-18)14(15)4/h1-3,9-10,18,28H,11-13H2,4-5,23-27H3. The van der Waals surface area contributed by atoms with Gasteiger partial charge >= 0.3 is 8.80 Å². The van der Waals surface area contributed by atoms with E-state index in [9.17, 15) is 5.11 Å². The molecular weight excluding hydrogens is 537 g/mol. The summed E-state index contributed by atoms with van der Waals surface area (Å²) in [4.78, 5) is 0. The van der Waals surface area contributed by atoms with E-state index in [0.29, 0.717) is 5.75 Å². The Morgan fingerprint density at radius 2 is 1.61 bits per heavy atom. The molecule has 0 amide bonds. The summed E-state index contributed by atoms with van der Waals surface area (Å²) in [6.07, 6.45) is 23.8. The Balaban J connectivity index is 3.64. The molecule has 1 rings (SSSR count). The second-order valence-electron chi connectivity index (χ2n) is 8.94. The van der Waals surface area contributed by atoms with Gasteiger partial charge in [-0.15, -0.1) is 0 Å². The Kier molecular flexibility index (Phi) is 10.6. The van der Waals surface area contributed by atoms with Crippen molar-refractivity contribution in [2.24, 2.45) is 0 Å². The average Bonchev–Trinajstić information content (AvgIpc) is 2.68. The molecule has 0 bridgehead atoms. The molecule has 5 nitrogen and oxygen atoms in total. The van der Waals surface area contributed by atoms with E-state index < -0.39 is 28.4 Å². The fourth-order valence-electron chi connectivity index (χ4n) is 4.69. The highest BCUT2D eigenvalue weighted by Crippen LogP contribution is 2.33. The van der Waals surface area contributed by atoms with Crippen molar-refractivity contribution in [2.45, 2.75) is 26.0 Å². The Morgan fingerprint density at radius 1 is 1.03 bits per heavy atom. The third-order valence-corrected chi connectivity index (χ3v) is 155. The number of benzene rings is 1. The van der Waals surface area contributed by atoms with Gasteiger partial charge < -0.3 is 23.1 Å². The molecule has 1 N–H and O–H groups in total. The van der Waals surface area contributed by atoms with Gasteiger partial charge in [-0.2, -0.15) is 0 Å². The fraction of sp³-hybridized carbons (Fsp3) is 0.294. The second kappa shape index (κ2) is 11.8. The van der Waals surface area contributed by atoms with Gasteiger partial charge in [-0.05, 0) is 59.8 Å². The van der Waals surface area contributed by atoms with Crippen LogP contribution >= 0.6 is 0 Å². The first-order chi connectivity index (χ1) is 14.5. The van der Waals surface area contributed by atoms with Gasteiger partial charge in [-0.3, -0.25) is 0 Å². The zero-order valence-electron chi connectivity index (χ0n) is 19.7. The number of ether oxygens (including phenoxy) is 1. The largest absolute Gasteiger partial charge is 0.514 e. The first-order valence-corrected chi connectivity index (χ1v) is 38.5. The minimum atomic E-state index is -2.29. The SMILES string of the molecule is C#CO[SiH](OC#C)[Si](CCc1ccc(OC)c(CO)c1C)([Si]([SiH3])([SiH3])[SiH3])[Si]([SiH3])([SiH3])OC#C. The first kappa shape index (κ1) is 28.0. The van der Waals surface area contributed by atoms with Crippen molar-refractivity contribution in [3.63, 3.8) is 0 Å². The minimum Gasteiger partial charge on any atom is -0.514 e. The van der Waals surface area contributed by atoms with E-state index in [-0.39, 0.29) is 6.61 Å². The van der Waals surface area contributed by atoms with Gasteiger partial charge in [-0.25, -0.2) is 0 Å². The summed E-state index contributed by atoms with van der Waals surface area (Å²) in [7, 11) is 4.82. The first-order valence-electron chi connectivity index (χ1n) is 10.1. The molecule has 1 atom stereocenters. The Bertz CT molecular complexity index is 881. The summed E-state index contributed by atoms with van der Waals surface area (Å²) in [6, 6.07) is 5.07. The molecule has 1 unspecified atom stereocenters. The van der Waals surface area contributed by atoms with Gasteiger partial charge in [0.25, 0.3) is 0 Å². The molecule has 0 saturated carbocycles. The number of aliphatic hydroxyl groups excluding tert-OH is 1. The maximum Gasteiger partial charge on any atom is 0.432 e. The Hall–Kier alpha value is -0.988. The van der Waals surface area contributed by atoms with Crippen LogP contribution in [-0.4, -0.2) is 89.5 Å². The van der Waals surface area contributed by atoms with E-state index in [0.717, 1.165) is 43.1 Å². The number of hydrogen-bond acceptors (Lipinski definition) is 5. The topological polar surface area (TPSA) is 57.2 Å². The van der Waals surface area contributed by atoms with Crippen LogP contribution in [0.1, 0.15) is 16.7 Å². The van der Waals surface area contributed by atoms with E-state index in [1.54, 1.807) is 7.11 Å². The molecule has 0 aromatic heterocycles. The van der Waals surface area contributed by atoms with Crippen LogP contribution in [0.5, 0.6) is 5.75 Å². The quantitative estimate of drug-likeness (QED) is 0.213. The number of rotatable bonds is 11. The molecule has 0 fully saturated rings. The van der Waals surface area contributed by atoms with Gasteiger partial charge in [0.1, 0.15) is 5.75 Å². The highest BCUT2D eigenvalue weighted by atomic mass is 30.4. The average molecular weight is 571 g/mol. The molecule has 0 aliphatic heterocycles. The lowest BCUT2D eigenvalue weighted by molar-refractivity contribution is 0.272. The molecule has 0 heterocycles. The zero-order valence-corrected chi connectivity index (χ0v) is 33.8. The summed E-state index contributed by atoms with van der Waals surface area (Å²) >= 11 is 0. The smallest absolute Gasteiger partial charge is 0.432 e. The molecule has 14 heteroatoms. The lowest BCUT2D eigenvalue weighted by Gasteiger charge is -2.50. The van der Waals surface area contributed by atoms with Crippen molar-refractivity contribution >= 4 is 77.2 Å². The van der Waals surface area contributed by atoms with Gasteiger partial charge in [0.15, 0.2) is 6.63 Å². The Morgan fingerprint density at radius 3 is 2.03 bits per heavy atom. The molecule has 0 radical (unpaired) electrons. The lowest BCUT2D eigenvalue weighted by atomic mass is 10.00. The third-order valence-electron chi connectivity index (χ3n) is 6.31. The molecule has 1 aromatic rings. The number of aliphatic hydroxyl groups is 1. The van der Waals surface area contributed by atoms with E-state index in [4.69, 9.17) is 37.3 Å². The van der Waals surface area contributed by atoms with Crippen LogP contribution in [0.3, 0.4) is 0 Å². The summed E-state index contributed by atoms with van der Waals surface area (Å²) in [5.41, 5.74) is 3.13. The van der Waals surface area contributed by atoms with Crippen LogP contribution in [0, 0.1) is 44.5 Å². The van der Waals surface area contributed by atoms with Crippen molar-refractivity contribution < 1.29 is 23.1 Å². The summed E-state index contributed by atoms with van der Waals surface area (Å²) < 4.78 is 23.5. The van der Waals surface area contributed by atoms with Crippen LogP contribution in [0.25, 0.3) is 0 Å². The van der Waals surface area contributed by atoms with Crippen molar-refractivity contribution in [3.8, 4) is 43.3 Å². The number of aryl methyl sites for hydroxylation is 1. The monoisotopic (exact) mass is 570 g/mol. The van der Waals surface area contributed by atoms with Crippen molar-refractivity contribution in [1.29, 1.82) is 0 Å². The van der Waals surface area contributed by atoms with E-state index in [1.807, 2.05) is 13.0 Å². The lowest BCUT2D eigenvalue weighted by Crippen LogP contribution is -2.88.